The fourth-order valence-electron chi connectivity index (χ4n) is 2.53. The molecule has 0 radical (unpaired) electrons. The number of carbonyl (C=O) groups is 1. The van der Waals surface area contributed by atoms with Crippen molar-refractivity contribution in [3.05, 3.63) is 35.4 Å². The van der Waals surface area contributed by atoms with Gasteiger partial charge in [-0.1, -0.05) is 18.2 Å². The van der Waals surface area contributed by atoms with E-state index in [2.05, 4.69) is 11.1 Å². The van der Waals surface area contributed by atoms with Gasteiger partial charge in [-0.05, 0) is 18.6 Å². The molecule has 0 spiro atoms. The van der Waals surface area contributed by atoms with E-state index in [0.717, 1.165) is 16.5 Å². The number of rotatable bonds is 2. The molecule has 0 saturated carbocycles. The van der Waals surface area contributed by atoms with E-state index in [9.17, 15) is 10.1 Å². The maximum absolute atomic E-state index is 10.9. The van der Waals surface area contributed by atoms with Crippen molar-refractivity contribution < 1.29 is 9.90 Å². The van der Waals surface area contributed by atoms with Crippen LogP contribution >= 0.6 is 0 Å². The molecule has 1 fully saturated rings. The number of carboxylic acid groups (broad SMARTS) is 1. The Bertz CT molecular complexity index is 743. The summed E-state index contributed by atoms with van der Waals surface area (Å²) < 4.78 is 0. The van der Waals surface area contributed by atoms with Gasteiger partial charge in [-0.15, -0.1) is 0 Å². The number of hydrogen-bond acceptors (Lipinski definition) is 4. The van der Waals surface area contributed by atoms with Crippen LogP contribution in [0.1, 0.15) is 11.1 Å². The molecular weight excluding hydrogens is 254 g/mol. The van der Waals surface area contributed by atoms with Gasteiger partial charge in [0.25, 0.3) is 0 Å². The van der Waals surface area contributed by atoms with Gasteiger partial charge in [-0.25, -0.2) is 4.98 Å². The van der Waals surface area contributed by atoms with Crippen molar-refractivity contribution in [3.63, 3.8) is 0 Å². The molecule has 0 amide bonds. The second-order valence-electron chi connectivity index (χ2n) is 5.00. The van der Waals surface area contributed by atoms with Gasteiger partial charge >= 0.3 is 5.97 Å². The van der Waals surface area contributed by atoms with E-state index in [-0.39, 0.29) is 5.92 Å². The maximum atomic E-state index is 10.9. The van der Waals surface area contributed by atoms with Gasteiger partial charge in [0.15, 0.2) is 0 Å². The first-order chi connectivity index (χ1) is 9.61. The van der Waals surface area contributed by atoms with Crippen LogP contribution in [0.2, 0.25) is 0 Å². The third-order valence-corrected chi connectivity index (χ3v) is 3.78. The first kappa shape index (κ1) is 12.4. The van der Waals surface area contributed by atoms with Gasteiger partial charge in [0.05, 0.1) is 17.0 Å². The molecule has 2 heterocycles. The summed E-state index contributed by atoms with van der Waals surface area (Å²) in [5.74, 6) is -0.561. The van der Waals surface area contributed by atoms with Gasteiger partial charge in [-0.3, -0.25) is 4.79 Å². The monoisotopic (exact) mass is 267 g/mol. The van der Waals surface area contributed by atoms with Gasteiger partial charge in [0.2, 0.25) is 0 Å². The number of fused-ring (bicyclic) bond motifs is 1. The van der Waals surface area contributed by atoms with Gasteiger partial charge in [0, 0.05) is 18.5 Å². The molecule has 100 valence electrons. The van der Waals surface area contributed by atoms with Crippen LogP contribution in [0, 0.1) is 24.2 Å². The van der Waals surface area contributed by atoms with E-state index in [0.29, 0.717) is 24.5 Å². The second kappa shape index (κ2) is 4.49. The average Bonchev–Trinajstić information content (AvgIpc) is 2.37. The standard InChI is InChI=1S/C15H13N3O2/c1-9-11-4-2-3-5-13(11)17-14(12(9)6-16)18-7-10(8-18)15(19)20/h2-5,10H,7-8H2,1H3,(H,19,20). The fraction of sp³-hybridized carbons (Fsp3) is 0.267. The highest BCUT2D eigenvalue weighted by Crippen LogP contribution is 2.31. The minimum Gasteiger partial charge on any atom is -0.481 e. The Hall–Kier alpha value is -2.61. The summed E-state index contributed by atoms with van der Waals surface area (Å²) in [6.07, 6.45) is 0. The van der Waals surface area contributed by atoms with Crippen molar-refractivity contribution >= 4 is 22.7 Å². The Morgan fingerprint density at radius 2 is 2.15 bits per heavy atom. The lowest BCUT2D eigenvalue weighted by Gasteiger charge is -2.38. The van der Waals surface area contributed by atoms with Crippen LogP contribution in [0.3, 0.4) is 0 Å². The van der Waals surface area contributed by atoms with Crippen LogP contribution < -0.4 is 4.90 Å². The number of aliphatic carboxylic acids is 1. The molecule has 5 heteroatoms. The van der Waals surface area contributed by atoms with E-state index in [1.807, 2.05) is 36.1 Å². The first-order valence-corrected chi connectivity index (χ1v) is 6.39. The van der Waals surface area contributed by atoms with Crippen LogP contribution in [-0.2, 0) is 4.79 Å². The number of nitriles is 1. The van der Waals surface area contributed by atoms with Crippen LogP contribution in [-0.4, -0.2) is 29.1 Å². The van der Waals surface area contributed by atoms with Crippen molar-refractivity contribution in [2.75, 3.05) is 18.0 Å². The number of hydrogen-bond donors (Lipinski definition) is 1. The zero-order valence-electron chi connectivity index (χ0n) is 11.0. The molecule has 5 nitrogen and oxygen atoms in total. The Morgan fingerprint density at radius 3 is 2.80 bits per heavy atom. The van der Waals surface area contributed by atoms with Crippen molar-refractivity contribution in [3.8, 4) is 6.07 Å². The van der Waals surface area contributed by atoms with Crippen LogP contribution in [0.15, 0.2) is 24.3 Å². The van der Waals surface area contributed by atoms with Crippen molar-refractivity contribution in [1.29, 1.82) is 5.26 Å². The summed E-state index contributed by atoms with van der Waals surface area (Å²) in [5.41, 5.74) is 2.26. The summed E-state index contributed by atoms with van der Waals surface area (Å²) in [4.78, 5) is 17.3. The van der Waals surface area contributed by atoms with Gasteiger partial charge in [-0.2, -0.15) is 5.26 Å². The van der Waals surface area contributed by atoms with Gasteiger partial charge in [0.1, 0.15) is 11.9 Å². The number of nitrogens with zero attached hydrogens (tertiary/aromatic N) is 3. The predicted octanol–water partition coefficient (Wildman–Crippen LogP) is 1.94. The van der Waals surface area contributed by atoms with Crippen LogP contribution in [0.25, 0.3) is 10.9 Å². The zero-order chi connectivity index (χ0) is 14.3. The first-order valence-electron chi connectivity index (χ1n) is 6.39. The van der Waals surface area contributed by atoms with Crippen LogP contribution in [0.5, 0.6) is 0 Å². The Morgan fingerprint density at radius 1 is 1.45 bits per heavy atom. The van der Waals surface area contributed by atoms with E-state index in [1.165, 1.54) is 0 Å². The number of aryl methyl sites for hydroxylation is 1. The van der Waals surface area contributed by atoms with Crippen molar-refractivity contribution in [2.45, 2.75) is 6.92 Å². The molecule has 0 atom stereocenters. The summed E-state index contributed by atoms with van der Waals surface area (Å²) in [5, 5.41) is 19.3. The molecule has 1 aromatic heterocycles. The Balaban J connectivity index is 2.08. The fourth-order valence-corrected chi connectivity index (χ4v) is 2.53. The minimum atomic E-state index is -0.794. The highest BCUT2D eigenvalue weighted by molar-refractivity contribution is 5.87. The van der Waals surface area contributed by atoms with Gasteiger partial charge < -0.3 is 10.0 Å². The molecule has 3 rings (SSSR count). The number of anilines is 1. The molecule has 2 aromatic rings. The molecule has 1 aromatic carbocycles. The lowest BCUT2D eigenvalue weighted by Crippen LogP contribution is -2.51. The second-order valence-corrected chi connectivity index (χ2v) is 5.00. The summed E-state index contributed by atoms with van der Waals surface area (Å²) >= 11 is 0. The molecule has 0 aliphatic carbocycles. The van der Waals surface area contributed by atoms with E-state index < -0.39 is 5.97 Å². The number of para-hydroxylation sites is 1. The van der Waals surface area contributed by atoms with Crippen molar-refractivity contribution in [2.24, 2.45) is 5.92 Å². The SMILES string of the molecule is Cc1c(C#N)c(N2CC(C(=O)O)C2)nc2ccccc12. The average molecular weight is 267 g/mol. The molecule has 1 aliphatic rings. The summed E-state index contributed by atoms with van der Waals surface area (Å²) in [7, 11) is 0. The molecule has 20 heavy (non-hydrogen) atoms. The number of benzene rings is 1. The summed E-state index contributed by atoms with van der Waals surface area (Å²) in [6, 6.07) is 9.87. The third-order valence-electron chi connectivity index (χ3n) is 3.78. The molecule has 0 bridgehead atoms. The number of pyridine rings is 1. The maximum Gasteiger partial charge on any atom is 0.310 e. The number of aromatic nitrogens is 1. The highest BCUT2D eigenvalue weighted by Gasteiger charge is 2.35. The lowest BCUT2D eigenvalue weighted by atomic mass is 9.98. The molecule has 0 unspecified atom stereocenters. The third kappa shape index (κ3) is 1.77. The number of carboxylic acids is 1. The molecule has 1 aliphatic heterocycles. The largest absolute Gasteiger partial charge is 0.481 e. The molecule has 1 saturated heterocycles. The molecule has 1 N–H and O–H groups in total. The van der Waals surface area contributed by atoms with E-state index in [4.69, 9.17) is 5.11 Å². The van der Waals surface area contributed by atoms with Crippen LogP contribution in [0.4, 0.5) is 5.82 Å². The Labute approximate surface area is 116 Å². The van der Waals surface area contributed by atoms with E-state index in [1.54, 1.807) is 0 Å². The minimum absolute atomic E-state index is 0.366. The molecular formula is C15H13N3O2. The Kier molecular flexibility index (Phi) is 2.79. The van der Waals surface area contributed by atoms with E-state index >= 15 is 0 Å². The van der Waals surface area contributed by atoms with Crippen molar-refractivity contribution in [1.82, 2.24) is 4.98 Å². The topological polar surface area (TPSA) is 77.2 Å². The zero-order valence-corrected chi connectivity index (χ0v) is 11.0. The highest BCUT2D eigenvalue weighted by atomic mass is 16.4. The quantitative estimate of drug-likeness (QED) is 0.899. The smallest absolute Gasteiger partial charge is 0.310 e. The predicted molar refractivity (Wildman–Crippen MR) is 74.5 cm³/mol. The normalized spacial score (nSPS) is 14.9. The lowest BCUT2D eigenvalue weighted by molar-refractivity contribution is -0.142. The summed E-state index contributed by atoms with van der Waals surface area (Å²) in [6.45, 7) is 2.73.